The molecular formula is C8H7BrClN5. The highest BCUT2D eigenvalue weighted by molar-refractivity contribution is 9.10. The first-order chi connectivity index (χ1) is 7.27. The van der Waals surface area contributed by atoms with Crippen LogP contribution in [0.25, 0.3) is 0 Å². The van der Waals surface area contributed by atoms with Crippen molar-refractivity contribution in [3.05, 3.63) is 33.9 Å². The molecule has 2 N–H and O–H groups in total. The molecule has 5 nitrogen and oxygen atoms in total. The minimum atomic E-state index is 0.386. The van der Waals surface area contributed by atoms with Crippen LogP contribution < -0.4 is 5.32 Å². The number of nitrogens with one attached hydrogen (secondary N) is 2. The van der Waals surface area contributed by atoms with Crippen molar-refractivity contribution in [3.63, 3.8) is 0 Å². The van der Waals surface area contributed by atoms with Gasteiger partial charge in [-0.1, -0.05) is 11.6 Å². The lowest BCUT2D eigenvalue weighted by atomic mass is 10.4. The van der Waals surface area contributed by atoms with Crippen molar-refractivity contribution in [3.8, 4) is 0 Å². The lowest BCUT2D eigenvalue weighted by molar-refractivity contribution is 0.969. The van der Waals surface area contributed by atoms with Crippen LogP contribution in [0.15, 0.2) is 23.1 Å². The zero-order valence-electron chi connectivity index (χ0n) is 7.54. The summed E-state index contributed by atoms with van der Waals surface area (Å²) in [5.74, 6) is 0.657. The van der Waals surface area contributed by atoms with E-state index < -0.39 is 0 Å². The second-order valence-electron chi connectivity index (χ2n) is 2.76. The molecule has 2 aromatic rings. The number of rotatable bonds is 3. The van der Waals surface area contributed by atoms with Gasteiger partial charge in [0.25, 0.3) is 0 Å². The van der Waals surface area contributed by atoms with Gasteiger partial charge in [0.15, 0.2) is 0 Å². The Morgan fingerprint density at radius 2 is 2.33 bits per heavy atom. The van der Waals surface area contributed by atoms with Crippen LogP contribution in [0.1, 0.15) is 5.69 Å². The summed E-state index contributed by atoms with van der Waals surface area (Å²) < 4.78 is 0.659. The van der Waals surface area contributed by atoms with Gasteiger partial charge in [0.1, 0.15) is 17.3 Å². The van der Waals surface area contributed by atoms with Crippen molar-refractivity contribution >= 4 is 33.3 Å². The summed E-state index contributed by atoms with van der Waals surface area (Å²) in [5, 5.41) is 10.2. The van der Waals surface area contributed by atoms with Crippen molar-refractivity contribution < 1.29 is 0 Å². The van der Waals surface area contributed by atoms with Gasteiger partial charge in [-0.15, -0.1) is 0 Å². The molecule has 0 saturated carbocycles. The van der Waals surface area contributed by atoms with E-state index in [0.717, 1.165) is 5.69 Å². The second kappa shape index (κ2) is 4.59. The highest BCUT2D eigenvalue weighted by Crippen LogP contribution is 2.26. The smallest absolute Gasteiger partial charge is 0.148 e. The molecule has 2 heterocycles. The molecule has 0 aliphatic rings. The molecule has 0 atom stereocenters. The number of hydrogen-bond donors (Lipinski definition) is 2. The minimum absolute atomic E-state index is 0.386. The molecule has 2 aromatic heterocycles. The van der Waals surface area contributed by atoms with Crippen molar-refractivity contribution in [1.82, 2.24) is 20.2 Å². The van der Waals surface area contributed by atoms with E-state index in [4.69, 9.17) is 11.6 Å². The largest absolute Gasteiger partial charge is 0.363 e. The molecule has 2 rings (SSSR count). The molecule has 0 fully saturated rings. The van der Waals surface area contributed by atoms with Gasteiger partial charge in [0.2, 0.25) is 0 Å². The highest BCUT2D eigenvalue weighted by atomic mass is 79.9. The van der Waals surface area contributed by atoms with E-state index in [1.807, 2.05) is 6.07 Å². The van der Waals surface area contributed by atoms with Gasteiger partial charge in [0.05, 0.1) is 16.7 Å². The zero-order valence-corrected chi connectivity index (χ0v) is 9.88. The highest BCUT2D eigenvalue weighted by Gasteiger charge is 2.05. The van der Waals surface area contributed by atoms with Crippen LogP contribution in [0.4, 0.5) is 5.82 Å². The Morgan fingerprint density at radius 3 is 3.07 bits per heavy atom. The van der Waals surface area contributed by atoms with Crippen molar-refractivity contribution in [2.75, 3.05) is 5.32 Å². The van der Waals surface area contributed by atoms with Gasteiger partial charge < -0.3 is 5.32 Å². The number of anilines is 1. The van der Waals surface area contributed by atoms with Crippen LogP contribution in [0.2, 0.25) is 5.15 Å². The molecule has 15 heavy (non-hydrogen) atoms. The third-order valence-corrected chi connectivity index (χ3v) is 3.02. The van der Waals surface area contributed by atoms with E-state index in [0.29, 0.717) is 22.0 Å². The number of hydrogen-bond acceptors (Lipinski definition) is 4. The van der Waals surface area contributed by atoms with Crippen LogP contribution in [0, 0.1) is 0 Å². The predicted molar refractivity (Wildman–Crippen MR) is 60.7 cm³/mol. The van der Waals surface area contributed by atoms with Gasteiger partial charge >= 0.3 is 0 Å². The number of halogens is 2. The average Bonchev–Trinajstić information content (AvgIpc) is 2.73. The van der Waals surface area contributed by atoms with E-state index in [1.165, 1.54) is 6.33 Å². The number of H-pyrrole nitrogens is 1. The summed E-state index contributed by atoms with van der Waals surface area (Å²) in [6.45, 7) is 0.603. The Balaban J connectivity index is 2.08. The quantitative estimate of drug-likeness (QED) is 0.850. The van der Waals surface area contributed by atoms with E-state index in [9.17, 15) is 0 Å². The molecular weight excluding hydrogens is 281 g/mol. The maximum absolute atomic E-state index is 5.82. The molecule has 0 bridgehead atoms. The third kappa shape index (κ3) is 2.45. The molecule has 0 amide bonds. The molecule has 0 aliphatic carbocycles. The van der Waals surface area contributed by atoms with Gasteiger partial charge in [-0.3, -0.25) is 5.10 Å². The van der Waals surface area contributed by atoms with Gasteiger partial charge in [0, 0.05) is 6.20 Å². The van der Waals surface area contributed by atoms with E-state index in [2.05, 4.69) is 41.4 Å². The monoisotopic (exact) mass is 287 g/mol. The number of nitrogens with zero attached hydrogens (tertiary/aromatic N) is 3. The van der Waals surface area contributed by atoms with Gasteiger partial charge in [-0.25, -0.2) is 9.97 Å². The van der Waals surface area contributed by atoms with Crippen LogP contribution in [-0.4, -0.2) is 20.2 Å². The first kappa shape index (κ1) is 10.4. The average molecular weight is 289 g/mol. The van der Waals surface area contributed by atoms with E-state index >= 15 is 0 Å². The number of aromatic nitrogens is 4. The lowest BCUT2D eigenvalue weighted by Crippen LogP contribution is -2.03. The van der Waals surface area contributed by atoms with Gasteiger partial charge in [-0.2, -0.15) is 5.10 Å². The maximum atomic E-state index is 5.82. The standard InChI is InChI=1S/C8H7BrClN5/c9-6-7(10)12-4-13-8(6)11-3-5-1-2-14-15-5/h1-2,4H,3H2,(H,14,15)(H,11,12,13). The molecule has 0 aromatic carbocycles. The summed E-state index contributed by atoms with van der Waals surface area (Å²) in [7, 11) is 0. The van der Waals surface area contributed by atoms with E-state index in [-0.39, 0.29) is 0 Å². The lowest BCUT2D eigenvalue weighted by Gasteiger charge is -2.05. The van der Waals surface area contributed by atoms with Crippen molar-refractivity contribution in [2.45, 2.75) is 6.54 Å². The zero-order chi connectivity index (χ0) is 10.7. The predicted octanol–water partition coefficient (Wildman–Crippen LogP) is 2.23. The normalized spacial score (nSPS) is 10.3. The summed E-state index contributed by atoms with van der Waals surface area (Å²) >= 11 is 9.12. The molecule has 78 valence electrons. The maximum Gasteiger partial charge on any atom is 0.148 e. The van der Waals surface area contributed by atoms with Crippen molar-refractivity contribution in [1.29, 1.82) is 0 Å². The Labute approximate surface area is 99.4 Å². The first-order valence-electron chi connectivity index (χ1n) is 4.15. The van der Waals surface area contributed by atoms with Crippen LogP contribution in [-0.2, 0) is 6.54 Å². The van der Waals surface area contributed by atoms with Gasteiger partial charge in [-0.05, 0) is 22.0 Å². The molecule has 0 unspecified atom stereocenters. The van der Waals surface area contributed by atoms with Crippen molar-refractivity contribution in [2.24, 2.45) is 0 Å². The molecule has 0 saturated heterocycles. The Kier molecular flexibility index (Phi) is 3.17. The summed E-state index contributed by atoms with van der Waals surface area (Å²) in [5.41, 5.74) is 0.969. The Hall–Kier alpha value is -1.14. The van der Waals surface area contributed by atoms with Crippen LogP contribution >= 0.6 is 27.5 Å². The molecule has 0 spiro atoms. The summed E-state index contributed by atoms with van der Waals surface area (Å²) in [6.07, 6.45) is 3.10. The molecule has 0 radical (unpaired) electrons. The third-order valence-electron chi connectivity index (χ3n) is 1.75. The number of aromatic amines is 1. The second-order valence-corrected chi connectivity index (χ2v) is 3.91. The van der Waals surface area contributed by atoms with Crippen LogP contribution in [0.3, 0.4) is 0 Å². The fourth-order valence-electron chi connectivity index (χ4n) is 1.03. The Morgan fingerprint density at radius 1 is 1.47 bits per heavy atom. The fourth-order valence-corrected chi connectivity index (χ4v) is 1.51. The fraction of sp³-hybridized carbons (Fsp3) is 0.125. The van der Waals surface area contributed by atoms with E-state index in [1.54, 1.807) is 6.20 Å². The molecule has 0 aliphatic heterocycles. The van der Waals surface area contributed by atoms with Crippen LogP contribution in [0.5, 0.6) is 0 Å². The first-order valence-corrected chi connectivity index (χ1v) is 5.32. The summed E-state index contributed by atoms with van der Waals surface area (Å²) in [4.78, 5) is 7.88. The Bertz CT molecular complexity index is 444. The topological polar surface area (TPSA) is 66.5 Å². The minimum Gasteiger partial charge on any atom is -0.363 e. The SMILES string of the molecule is Clc1ncnc(NCc2ccn[nH]2)c1Br. The molecule has 7 heteroatoms. The summed E-state index contributed by atoms with van der Waals surface area (Å²) in [6, 6.07) is 1.88.